The van der Waals surface area contributed by atoms with Crippen molar-refractivity contribution in [3.63, 3.8) is 0 Å². The maximum Gasteiger partial charge on any atom is 0.416 e. The average Bonchev–Trinajstić information content (AvgIpc) is 2.63. The minimum atomic E-state index is -4.46. The molecule has 0 aromatic heterocycles. The third-order valence-corrected chi connectivity index (χ3v) is 4.34. The minimum absolute atomic E-state index is 0.483. The third-order valence-electron chi connectivity index (χ3n) is 4.34. The highest BCUT2D eigenvalue weighted by Gasteiger charge is 2.32. The van der Waals surface area contributed by atoms with Gasteiger partial charge in [-0.1, -0.05) is 0 Å². The first-order valence-corrected chi connectivity index (χ1v) is 8.35. The SMILES string of the molecule is CC1=C[CH+]C(=C(c2ccc(C(F)(F)F)cc2)c2ccc(C(F)(F)F)cc2)C=C1. The molecule has 0 amide bonds. The Balaban J connectivity index is 2.09. The van der Waals surface area contributed by atoms with Gasteiger partial charge in [-0.05, 0) is 55.5 Å². The smallest absolute Gasteiger partial charge is 0.166 e. The molecule has 2 aromatic rings. The molecular weight excluding hydrogens is 378 g/mol. The monoisotopic (exact) mass is 393 g/mol. The summed E-state index contributed by atoms with van der Waals surface area (Å²) in [4.78, 5) is 0. The molecule has 0 atom stereocenters. The Bertz CT molecular complexity index is 877. The Labute approximate surface area is 158 Å². The molecule has 6 heteroatoms. The Hall–Kier alpha value is -2.89. The van der Waals surface area contributed by atoms with Crippen LogP contribution in [0.4, 0.5) is 26.3 Å². The highest BCUT2D eigenvalue weighted by Crippen LogP contribution is 2.36. The first-order valence-electron chi connectivity index (χ1n) is 8.35. The predicted molar refractivity (Wildman–Crippen MR) is 96.1 cm³/mol. The first-order chi connectivity index (χ1) is 13.1. The normalized spacial score (nSPS) is 14.5. The highest BCUT2D eigenvalue weighted by atomic mass is 19.4. The summed E-state index contributed by atoms with van der Waals surface area (Å²) in [6.07, 6.45) is -1.67. The molecule has 0 nitrogen and oxygen atoms in total. The summed E-state index contributed by atoms with van der Waals surface area (Å²) >= 11 is 0. The van der Waals surface area contributed by atoms with Crippen molar-refractivity contribution >= 4 is 5.57 Å². The largest absolute Gasteiger partial charge is 0.416 e. The fourth-order valence-electron chi connectivity index (χ4n) is 2.87. The lowest BCUT2D eigenvalue weighted by atomic mass is 9.88. The second-order valence-corrected chi connectivity index (χ2v) is 6.39. The maximum absolute atomic E-state index is 12.9. The molecule has 0 heterocycles. The quantitative estimate of drug-likeness (QED) is 0.372. The van der Waals surface area contributed by atoms with E-state index in [9.17, 15) is 26.3 Å². The molecule has 0 spiro atoms. The van der Waals surface area contributed by atoms with Crippen molar-refractivity contribution in [2.75, 3.05) is 0 Å². The fourth-order valence-corrected chi connectivity index (χ4v) is 2.87. The lowest BCUT2D eigenvalue weighted by Gasteiger charge is -2.12. The molecule has 0 saturated carbocycles. The van der Waals surface area contributed by atoms with Gasteiger partial charge in [0.1, 0.15) is 5.57 Å². The summed E-state index contributed by atoms with van der Waals surface area (Å²) in [7, 11) is 0. The van der Waals surface area contributed by atoms with Crippen LogP contribution in [0.15, 0.2) is 77.9 Å². The molecule has 0 fully saturated rings. The molecule has 0 N–H and O–H groups in total. The summed E-state index contributed by atoms with van der Waals surface area (Å²) < 4.78 is 77.1. The van der Waals surface area contributed by atoms with E-state index >= 15 is 0 Å². The van der Waals surface area contributed by atoms with Crippen LogP contribution in [0, 0.1) is 6.42 Å². The van der Waals surface area contributed by atoms with Gasteiger partial charge in [0.2, 0.25) is 0 Å². The zero-order chi connectivity index (χ0) is 20.5. The number of hydrogen-bond acceptors (Lipinski definition) is 0. The summed E-state index contributed by atoms with van der Waals surface area (Å²) in [6.45, 7) is 1.89. The van der Waals surface area contributed by atoms with Crippen LogP contribution in [0.25, 0.3) is 5.57 Å². The summed E-state index contributed by atoms with van der Waals surface area (Å²) in [5.41, 5.74) is 1.64. The Morgan fingerprint density at radius 2 is 1.11 bits per heavy atom. The van der Waals surface area contributed by atoms with Gasteiger partial charge in [-0.3, -0.25) is 0 Å². The Morgan fingerprint density at radius 3 is 1.43 bits per heavy atom. The van der Waals surface area contributed by atoms with Crippen molar-refractivity contribution in [1.82, 2.24) is 0 Å². The number of hydrogen-bond donors (Lipinski definition) is 0. The number of halogens is 6. The second kappa shape index (κ2) is 7.26. The van der Waals surface area contributed by atoms with E-state index in [0.717, 1.165) is 29.8 Å². The lowest BCUT2D eigenvalue weighted by molar-refractivity contribution is -0.138. The summed E-state index contributed by atoms with van der Waals surface area (Å²) in [5.74, 6) is 0. The molecular formula is C22H15F6+. The molecule has 0 bridgehead atoms. The van der Waals surface area contributed by atoms with E-state index in [1.165, 1.54) is 24.3 Å². The molecule has 3 rings (SSSR count). The van der Waals surface area contributed by atoms with E-state index in [1.54, 1.807) is 12.5 Å². The van der Waals surface area contributed by atoms with Gasteiger partial charge in [-0.2, -0.15) is 26.3 Å². The van der Waals surface area contributed by atoms with Gasteiger partial charge < -0.3 is 0 Å². The van der Waals surface area contributed by atoms with Gasteiger partial charge in [0.15, 0.2) is 0 Å². The van der Waals surface area contributed by atoms with Crippen LogP contribution < -0.4 is 0 Å². The number of alkyl halides is 6. The molecule has 2 aromatic carbocycles. The first kappa shape index (κ1) is 19.9. The number of allylic oxidation sites excluding steroid dienone is 5. The van der Waals surface area contributed by atoms with Gasteiger partial charge >= 0.3 is 12.4 Å². The molecule has 1 aliphatic rings. The summed E-state index contributed by atoms with van der Waals surface area (Å²) in [6, 6.07) is 9.18. The van der Waals surface area contributed by atoms with Crippen LogP contribution in [0.3, 0.4) is 0 Å². The van der Waals surface area contributed by atoms with Crippen molar-refractivity contribution < 1.29 is 26.3 Å². The molecule has 0 radical (unpaired) electrons. The molecule has 0 aliphatic heterocycles. The highest BCUT2D eigenvalue weighted by molar-refractivity contribution is 5.85. The van der Waals surface area contributed by atoms with Crippen LogP contribution >= 0.6 is 0 Å². The molecule has 0 saturated heterocycles. The van der Waals surface area contributed by atoms with Crippen LogP contribution in [0.5, 0.6) is 0 Å². The standard InChI is InChI=1S/C22H15F6/c1-14-2-4-15(5-3-14)20(16-6-10-18(11-7-16)21(23,24)25)17-8-12-19(13-9-17)22(26,27)28/h2-13H,1H3/q+1. The van der Waals surface area contributed by atoms with Crippen molar-refractivity contribution in [2.45, 2.75) is 19.3 Å². The topological polar surface area (TPSA) is 0 Å². The minimum Gasteiger partial charge on any atom is -0.166 e. The molecule has 28 heavy (non-hydrogen) atoms. The van der Waals surface area contributed by atoms with Crippen molar-refractivity contribution in [1.29, 1.82) is 0 Å². The summed E-state index contributed by atoms with van der Waals surface area (Å²) in [5, 5.41) is 0. The molecule has 1 aliphatic carbocycles. The zero-order valence-corrected chi connectivity index (χ0v) is 14.7. The van der Waals surface area contributed by atoms with Gasteiger partial charge in [-0.25, -0.2) is 0 Å². The van der Waals surface area contributed by atoms with Crippen LogP contribution in [-0.4, -0.2) is 0 Å². The van der Waals surface area contributed by atoms with Crippen LogP contribution in [0.1, 0.15) is 29.2 Å². The van der Waals surface area contributed by atoms with E-state index in [4.69, 9.17) is 0 Å². The Kier molecular flexibility index (Phi) is 5.15. The molecule has 144 valence electrons. The second-order valence-electron chi connectivity index (χ2n) is 6.39. The van der Waals surface area contributed by atoms with Gasteiger partial charge in [0.05, 0.1) is 16.7 Å². The van der Waals surface area contributed by atoms with Gasteiger partial charge in [0.25, 0.3) is 0 Å². The number of benzene rings is 2. The van der Waals surface area contributed by atoms with Crippen molar-refractivity contribution in [3.05, 3.63) is 107 Å². The van der Waals surface area contributed by atoms with E-state index in [-0.39, 0.29) is 0 Å². The zero-order valence-electron chi connectivity index (χ0n) is 14.7. The van der Waals surface area contributed by atoms with E-state index in [0.29, 0.717) is 22.3 Å². The van der Waals surface area contributed by atoms with E-state index in [1.807, 2.05) is 19.1 Å². The Morgan fingerprint density at radius 1 is 0.679 bits per heavy atom. The van der Waals surface area contributed by atoms with Crippen molar-refractivity contribution in [3.8, 4) is 0 Å². The number of rotatable bonds is 2. The van der Waals surface area contributed by atoms with Gasteiger partial charge in [0, 0.05) is 41.3 Å². The van der Waals surface area contributed by atoms with E-state index < -0.39 is 23.5 Å². The fraction of sp³-hybridized carbons (Fsp3) is 0.136. The lowest BCUT2D eigenvalue weighted by Crippen LogP contribution is -2.06. The average molecular weight is 393 g/mol. The molecule has 0 unspecified atom stereocenters. The third kappa shape index (κ3) is 4.32. The predicted octanol–water partition coefficient (Wildman–Crippen LogP) is 7.25. The maximum atomic E-state index is 12.9. The van der Waals surface area contributed by atoms with Crippen molar-refractivity contribution in [2.24, 2.45) is 0 Å². The van der Waals surface area contributed by atoms with E-state index in [2.05, 4.69) is 0 Å². The van der Waals surface area contributed by atoms with Crippen LogP contribution in [-0.2, 0) is 12.4 Å². The van der Waals surface area contributed by atoms with Crippen LogP contribution in [0.2, 0.25) is 0 Å². The van der Waals surface area contributed by atoms with Gasteiger partial charge in [-0.15, -0.1) is 0 Å².